The average molecular weight is 281 g/mol. The van der Waals surface area contributed by atoms with Crippen LogP contribution in [0.2, 0.25) is 0 Å². The molecule has 3 rings (SSSR count). The Balaban J connectivity index is 2.09. The van der Waals surface area contributed by atoms with Gasteiger partial charge in [0.25, 0.3) is 0 Å². The first-order valence-corrected chi connectivity index (χ1v) is 7.62. The highest BCUT2D eigenvalue weighted by molar-refractivity contribution is 5.44. The standard InChI is InChI=1S/C19H23NO/c1-13-7-8-16(14(2)11-13)18(21)19(12-20)10-9-15-5-3-4-6-17(15)19/h3-8,11,18,21H,9-10,12,20H2,1-2H3. The lowest BCUT2D eigenvalue weighted by molar-refractivity contribution is 0.0835. The van der Waals surface area contributed by atoms with Crippen molar-refractivity contribution in [3.63, 3.8) is 0 Å². The second kappa shape index (κ2) is 5.28. The molecule has 3 N–H and O–H groups in total. The molecule has 0 heterocycles. The molecule has 2 aromatic rings. The third kappa shape index (κ3) is 2.19. The molecule has 0 aliphatic heterocycles. The first-order valence-electron chi connectivity index (χ1n) is 7.62. The van der Waals surface area contributed by atoms with Gasteiger partial charge in [-0.3, -0.25) is 0 Å². The van der Waals surface area contributed by atoms with Gasteiger partial charge in [0.1, 0.15) is 0 Å². The predicted molar refractivity (Wildman–Crippen MR) is 86.4 cm³/mol. The van der Waals surface area contributed by atoms with Gasteiger partial charge in [-0.1, -0.05) is 48.0 Å². The smallest absolute Gasteiger partial charge is 0.0901 e. The van der Waals surface area contributed by atoms with Crippen LogP contribution in [0.1, 0.15) is 40.3 Å². The van der Waals surface area contributed by atoms with Crippen LogP contribution in [0.5, 0.6) is 0 Å². The molecule has 2 heteroatoms. The summed E-state index contributed by atoms with van der Waals surface area (Å²) in [4.78, 5) is 0. The summed E-state index contributed by atoms with van der Waals surface area (Å²) >= 11 is 0. The topological polar surface area (TPSA) is 46.2 Å². The molecule has 110 valence electrons. The number of hydrogen-bond donors (Lipinski definition) is 2. The Labute approximate surface area is 126 Å². The summed E-state index contributed by atoms with van der Waals surface area (Å²) in [5, 5.41) is 11.1. The lowest BCUT2D eigenvalue weighted by atomic mass is 9.73. The largest absolute Gasteiger partial charge is 0.387 e. The molecule has 0 aromatic heterocycles. The summed E-state index contributed by atoms with van der Waals surface area (Å²) in [6, 6.07) is 14.6. The molecule has 1 aliphatic carbocycles. The Morgan fingerprint density at radius 2 is 1.95 bits per heavy atom. The highest BCUT2D eigenvalue weighted by atomic mass is 16.3. The van der Waals surface area contributed by atoms with Crippen LogP contribution < -0.4 is 5.73 Å². The van der Waals surface area contributed by atoms with Crippen LogP contribution in [0.25, 0.3) is 0 Å². The second-order valence-corrected chi connectivity index (χ2v) is 6.28. The van der Waals surface area contributed by atoms with E-state index in [2.05, 4.69) is 44.2 Å². The maximum atomic E-state index is 11.1. The van der Waals surface area contributed by atoms with E-state index in [4.69, 9.17) is 5.73 Å². The van der Waals surface area contributed by atoms with Crippen LogP contribution >= 0.6 is 0 Å². The summed E-state index contributed by atoms with van der Waals surface area (Å²) in [5.41, 5.74) is 11.7. The van der Waals surface area contributed by atoms with E-state index in [-0.39, 0.29) is 5.41 Å². The average Bonchev–Trinajstić information content (AvgIpc) is 2.87. The zero-order chi connectivity index (χ0) is 15.0. The zero-order valence-electron chi connectivity index (χ0n) is 12.8. The summed E-state index contributed by atoms with van der Waals surface area (Å²) in [6.45, 7) is 4.61. The number of hydrogen-bond acceptors (Lipinski definition) is 2. The van der Waals surface area contributed by atoms with Crippen molar-refractivity contribution in [2.45, 2.75) is 38.2 Å². The van der Waals surface area contributed by atoms with Crippen LogP contribution in [0, 0.1) is 13.8 Å². The van der Waals surface area contributed by atoms with E-state index < -0.39 is 6.10 Å². The minimum Gasteiger partial charge on any atom is -0.387 e. The van der Waals surface area contributed by atoms with E-state index in [9.17, 15) is 5.11 Å². The van der Waals surface area contributed by atoms with Crippen LogP contribution in [-0.2, 0) is 11.8 Å². The highest BCUT2D eigenvalue weighted by Gasteiger charge is 2.44. The number of aryl methyl sites for hydroxylation is 3. The minimum absolute atomic E-state index is 0.351. The van der Waals surface area contributed by atoms with E-state index in [0.29, 0.717) is 6.54 Å². The number of rotatable bonds is 3. The third-order valence-corrected chi connectivity index (χ3v) is 5.00. The highest BCUT2D eigenvalue weighted by Crippen LogP contribution is 2.47. The van der Waals surface area contributed by atoms with Crippen molar-refractivity contribution in [3.8, 4) is 0 Å². The van der Waals surface area contributed by atoms with Crippen LogP contribution in [0.15, 0.2) is 42.5 Å². The van der Waals surface area contributed by atoms with Gasteiger partial charge >= 0.3 is 0 Å². The molecule has 0 saturated carbocycles. The molecule has 2 atom stereocenters. The van der Waals surface area contributed by atoms with Gasteiger partial charge in [0.05, 0.1) is 6.10 Å². The minimum atomic E-state index is -0.549. The summed E-state index contributed by atoms with van der Waals surface area (Å²) in [6.07, 6.45) is 1.36. The van der Waals surface area contributed by atoms with Crippen molar-refractivity contribution < 1.29 is 5.11 Å². The maximum Gasteiger partial charge on any atom is 0.0901 e. The number of nitrogens with two attached hydrogens (primary N) is 1. The zero-order valence-corrected chi connectivity index (χ0v) is 12.8. The SMILES string of the molecule is Cc1ccc(C(O)C2(CN)CCc3ccccc32)c(C)c1. The molecule has 2 aromatic carbocycles. The summed E-state index contributed by atoms with van der Waals surface area (Å²) in [5.74, 6) is 0. The number of fused-ring (bicyclic) bond motifs is 1. The Morgan fingerprint density at radius 3 is 2.67 bits per heavy atom. The Morgan fingerprint density at radius 1 is 1.19 bits per heavy atom. The van der Waals surface area contributed by atoms with E-state index in [1.54, 1.807) is 0 Å². The Kier molecular flexibility index (Phi) is 3.60. The predicted octanol–water partition coefficient (Wildman–Crippen LogP) is 3.18. The van der Waals surface area contributed by atoms with Crippen molar-refractivity contribution in [3.05, 3.63) is 70.3 Å². The van der Waals surface area contributed by atoms with Gasteiger partial charge in [-0.05, 0) is 48.9 Å². The molecule has 2 nitrogen and oxygen atoms in total. The van der Waals surface area contributed by atoms with Gasteiger partial charge in [-0.2, -0.15) is 0 Å². The second-order valence-electron chi connectivity index (χ2n) is 6.28. The van der Waals surface area contributed by atoms with Crippen molar-refractivity contribution in [2.75, 3.05) is 6.54 Å². The van der Waals surface area contributed by atoms with Gasteiger partial charge in [-0.25, -0.2) is 0 Å². The fraction of sp³-hybridized carbons (Fsp3) is 0.368. The first kappa shape index (κ1) is 14.3. The van der Waals surface area contributed by atoms with E-state index in [1.165, 1.54) is 16.7 Å². The van der Waals surface area contributed by atoms with Crippen LogP contribution in [0.3, 0.4) is 0 Å². The number of aliphatic hydroxyl groups is 1. The monoisotopic (exact) mass is 281 g/mol. The fourth-order valence-corrected chi connectivity index (χ4v) is 3.75. The molecule has 1 aliphatic rings. The molecular formula is C19H23NO. The van der Waals surface area contributed by atoms with E-state index >= 15 is 0 Å². The lowest BCUT2D eigenvalue weighted by Crippen LogP contribution is -2.39. The van der Waals surface area contributed by atoms with E-state index in [1.807, 2.05) is 12.1 Å². The normalized spacial score (nSPS) is 22.1. The molecule has 0 amide bonds. The fourth-order valence-electron chi connectivity index (χ4n) is 3.75. The van der Waals surface area contributed by atoms with Gasteiger partial charge < -0.3 is 10.8 Å². The van der Waals surface area contributed by atoms with Crippen molar-refractivity contribution in [1.29, 1.82) is 0 Å². The first-order chi connectivity index (χ1) is 10.1. The van der Waals surface area contributed by atoms with Gasteiger partial charge in [0, 0.05) is 12.0 Å². The maximum absolute atomic E-state index is 11.1. The van der Waals surface area contributed by atoms with E-state index in [0.717, 1.165) is 24.0 Å². The molecular weight excluding hydrogens is 258 g/mol. The number of aliphatic hydroxyl groups excluding tert-OH is 1. The quantitative estimate of drug-likeness (QED) is 0.907. The summed E-state index contributed by atoms with van der Waals surface area (Å²) < 4.78 is 0. The molecule has 2 unspecified atom stereocenters. The summed E-state index contributed by atoms with van der Waals surface area (Å²) in [7, 11) is 0. The van der Waals surface area contributed by atoms with Gasteiger partial charge in [0.15, 0.2) is 0 Å². The Hall–Kier alpha value is -1.64. The van der Waals surface area contributed by atoms with Crippen molar-refractivity contribution in [1.82, 2.24) is 0 Å². The van der Waals surface area contributed by atoms with Crippen LogP contribution in [0.4, 0.5) is 0 Å². The van der Waals surface area contributed by atoms with Crippen LogP contribution in [-0.4, -0.2) is 11.7 Å². The van der Waals surface area contributed by atoms with Crippen molar-refractivity contribution >= 4 is 0 Å². The van der Waals surface area contributed by atoms with Gasteiger partial charge in [0.2, 0.25) is 0 Å². The molecule has 0 saturated heterocycles. The molecule has 0 radical (unpaired) electrons. The third-order valence-electron chi connectivity index (χ3n) is 5.00. The van der Waals surface area contributed by atoms with Crippen molar-refractivity contribution in [2.24, 2.45) is 5.73 Å². The molecule has 0 bridgehead atoms. The molecule has 0 spiro atoms. The molecule has 21 heavy (non-hydrogen) atoms. The molecule has 0 fully saturated rings. The Bertz CT molecular complexity index is 664. The van der Waals surface area contributed by atoms with Gasteiger partial charge in [-0.15, -0.1) is 0 Å². The lowest BCUT2D eigenvalue weighted by Gasteiger charge is -2.35. The number of benzene rings is 2.